The Balaban J connectivity index is 1.71. The van der Waals surface area contributed by atoms with E-state index in [2.05, 4.69) is 20.4 Å². The number of methoxy groups -OCH3 is 1. The molecule has 35 heavy (non-hydrogen) atoms. The summed E-state index contributed by atoms with van der Waals surface area (Å²) in [4.78, 5) is 21.6. The standard InChI is InChI=1S/C24H28N6O4S/c1-15-8-7-9-25-17(15)12-27-23(31)18-10-16(28-29(18)5)19-13-26-22-11-20(34-6)21(14-30(19)22)35(32,33)24(2,3)4/h7-11,13-14H,12H2,1-6H3,(H,27,31). The van der Waals surface area contributed by atoms with Gasteiger partial charge in [-0.25, -0.2) is 13.4 Å². The van der Waals surface area contributed by atoms with Gasteiger partial charge in [-0.05, 0) is 45.4 Å². The summed E-state index contributed by atoms with van der Waals surface area (Å²) in [6.07, 6.45) is 4.77. The highest BCUT2D eigenvalue weighted by molar-refractivity contribution is 7.92. The molecular weight excluding hydrogens is 468 g/mol. The summed E-state index contributed by atoms with van der Waals surface area (Å²) >= 11 is 0. The molecule has 0 fully saturated rings. The second kappa shape index (κ2) is 8.81. The topological polar surface area (TPSA) is 120 Å². The van der Waals surface area contributed by atoms with E-state index in [1.54, 1.807) is 56.7 Å². The first kappa shape index (κ1) is 24.4. The van der Waals surface area contributed by atoms with E-state index in [4.69, 9.17) is 4.74 Å². The molecule has 0 aliphatic heterocycles. The van der Waals surface area contributed by atoms with Gasteiger partial charge in [0.25, 0.3) is 5.91 Å². The molecule has 11 heteroatoms. The van der Waals surface area contributed by atoms with Gasteiger partial charge in [0.15, 0.2) is 9.84 Å². The lowest BCUT2D eigenvalue weighted by molar-refractivity contribution is 0.0941. The predicted octanol–water partition coefficient (Wildman–Crippen LogP) is 2.95. The van der Waals surface area contributed by atoms with E-state index in [-0.39, 0.29) is 23.1 Å². The number of hydrogen-bond acceptors (Lipinski definition) is 7. The van der Waals surface area contributed by atoms with E-state index >= 15 is 0 Å². The number of rotatable bonds is 6. The molecule has 0 aromatic carbocycles. The maximum Gasteiger partial charge on any atom is 0.269 e. The van der Waals surface area contributed by atoms with Crippen molar-refractivity contribution in [1.82, 2.24) is 29.5 Å². The van der Waals surface area contributed by atoms with Crippen molar-refractivity contribution in [2.75, 3.05) is 7.11 Å². The Hall–Kier alpha value is -3.73. The molecule has 0 saturated carbocycles. The molecule has 0 aliphatic carbocycles. The van der Waals surface area contributed by atoms with Gasteiger partial charge in [-0.2, -0.15) is 5.10 Å². The van der Waals surface area contributed by atoms with Gasteiger partial charge in [0.05, 0.1) is 36.0 Å². The third kappa shape index (κ3) is 4.39. The van der Waals surface area contributed by atoms with Gasteiger partial charge in [0, 0.05) is 25.5 Å². The Morgan fingerprint density at radius 3 is 2.60 bits per heavy atom. The molecule has 1 amide bonds. The molecule has 0 saturated heterocycles. The zero-order valence-corrected chi connectivity index (χ0v) is 21.3. The van der Waals surface area contributed by atoms with Crippen molar-refractivity contribution < 1.29 is 17.9 Å². The summed E-state index contributed by atoms with van der Waals surface area (Å²) < 4.78 is 33.9. The minimum atomic E-state index is -3.71. The van der Waals surface area contributed by atoms with Gasteiger partial charge in [0.1, 0.15) is 27.7 Å². The number of fused-ring (bicyclic) bond motifs is 1. The Bertz CT molecular complexity index is 1530. The number of hydrogen-bond donors (Lipinski definition) is 1. The minimum absolute atomic E-state index is 0.0545. The SMILES string of the molecule is COc1cc2ncc(-c3cc(C(=O)NCc4ncccc4C)n(C)n3)n2cc1S(=O)(=O)C(C)(C)C. The lowest BCUT2D eigenvalue weighted by Crippen LogP contribution is -2.28. The van der Waals surface area contributed by atoms with Crippen LogP contribution in [0.1, 0.15) is 42.5 Å². The van der Waals surface area contributed by atoms with E-state index < -0.39 is 14.6 Å². The zero-order valence-electron chi connectivity index (χ0n) is 20.5. The number of aromatic nitrogens is 5. The van der Waals surface area contributed by atoms with Crippen LogP contribution in [0, 0.1) is 6.92 Å². The van der Waals surface area contributed by atoms with Crippen LogP contribution in [0.2, 0.25) is 0 Å². The van der Waals surface area contributed by atoms with Crippen molar-refractivity contribution in [2.45, 2.75) is 43.9 Å². The molecule has 184 valence electrons. The average Bonchev–Trinajstić information content (AvgIpc) is 3.39. The summed E-state index contributed by atoms with van der Waals surface area (Å²) in [7, 11) is -0.614. The van der Waals surface area contributed by atoms with Crippen molar-refractivity contribution >= 4 is 21.4 Å². The largest absolute Gasteiger partial charge is 0.495 e. The van der Waals surface area contributed by atoms with Gasteiger partial charge in [0.2, 0.25) is 0 Å². The molecule has 1 N–H and O–H groups in total. The Morgan fingerprint density at radius 1 is 1.20 bits per heavy atom. The van der Waals surface area contributed by atoms with Crippen LogP contribution in [-0.4, -0.2) is 50.3 Å². The van der Waals surface area contributed by atoms with Crippen LogP contribution >= 0.6 is 0 Å². The maximum absolute atomic E-state index is 13.2. The number of aryl methyl sites for hydroxylation is 2. The number of carbonyl (C=O) groups excluding carboxylic acids is 1. The van der Waals surface area contributed by atoms with Crippen LogP contribution in [0.5, 0.6) is 5.75 Å². The molecular formula is C24H28N6O4S. The fourth-order valence-electron chi connectivity index (χ4n) is 3.63. The molecule has 0 bridgehead atoms. The second-order valence-electron chi connectivity index (χ2n) is 9.18. The van der Waals surface area contributed by atoms with Crippen molar-refractivity contribution in [3.05, 3.63) is 59.8 Å². The quantitative estimate of drug-likeness (QED) is 0.436. The van der Waals surface area contributed by atoms with E-state index in [1.165, 1.54) is 18.0 Å². The summed E-state index contributed by atoms with van der Waals surface area (Å²) in [5.74, 6) is -0.0849. The highest BCUT2D eigenvalue weighted by Crippen LogP contribution is 2.34. The van der Waals surface area contributed by atoms with Gasteiger partial charge in [-0.3, -0.25) is 18.9 Å². The molecule has 0 spiro atoms. The lowest BCUT2D eigenvalue weighted by Gasteiger charge is -2.21. The lowest BCUT2D eigenvalue weighted by atomic mass is 10.2. The smallest absolute Gasteiger partial charge is 0.269 e. The molecule has 4 rings (SSSR count). The van der Waals surface area contributed by atoms with Crippen molar-refractivity contribution in [1.29, 1.82) is 0 Å². The third-order valence-corrected chi connectivity index (χ3v) is 8.30. The van der Waals surface area contributed by atoms with E-state index in [9.17, 15) is 13.2 Å². The van der Waals surface area contributed by atoms with Crippen molar-refractivity contribution in [3.63, 3.8) is 0 Å². The number of pyridine rings is 2. The summed E-state index contributed by atoms with van der Waals surface area (Å²) in [5, 5.41) is 7.35. The van der Waals surface area contributed by atoms with E-state index in [1.807, 2.05) is 19.1 Å². The number of nitrogens with one attached hydrogen (secondary N) is 1. The van der Waals surface area contributed by atoms with Gasteiger partial charge < -0.3 is 10.1 Å². The summed E-state index contributed by atoms with van der Waals surface area (Å²) in [5.41, 5.74) is 3.63. The van der Waals surface area contributed by atoms with Crippen LogP contribution in [0.15, 0.2) is 47.8 Å². The van der Waals surface area contributed by atoms with Gasteiger partial charge in [-0.15, -0.1) is 0 Å². The average molecular weight is 497 g/mol. The minimum Gasteiger partial charge on any atom is -0.495 e. The van der Waals surface area contributed by atoms with E-state index in [0.717, 1.165) is 11.3 Å². The highest BCUT2D eigenvalue weighted by atomic mass is 32.2. The number of nitrogens with zero attached hydrogens (tertiary/aromatic N) is 5. The molecule has 4 heterocycles. The summed E-state index contributed by atoms with van der Waals surface area (Å²) in [6, 6.07) is 7.00. The van der Waals surface area contributed by atoms with Gasteiger partial charge >= 0.3 is 0 Å². The number of amides is 1. The van der Waals surface area contributed by atoms with Crippen LogP contribution in [0.4, 0.5) is 0 Å². The van der Waals surface area contributed by atoms with Crippen LogP contribution in [0.3, 0.4) is 0 Å². The maximum atomic E-state index is 13.2. The number of sulfone groups is 1. The first-order valence-corrected chi connectivity index (χ1v) is 12.4. The normalized spacial score (nSPS) is 12.2. The first-order valence-electron chi connectivity index (χ1n) is 11.0. The molecule has 0 aliphatic rings. The monoisotopic (exact) mass is 496 g/mol. The number of carbonyl (C=O) groups is 1. The molecule has 4 aromatic heterocycles. The Kier molecular flexibility index (Phi) is 6.14. The number of imidazole rings is 1. The van der Waals surface area contributed by atoms with Crippen LogP contribution in [-0.2, 0) is 23.4 Å². The third-order valence-electron chi connectivity index (χ3n) is 5.80. The van der Waals surface area contributed by atoms with Crippen molar-refractivity contribution in [2.24, 2.45) is 7.05 Å². The molecule has 4 aromatic rings. The zero-order chi connectivity index (χ0) is 25.5. The van der Waals surface area contributed by atoms with Gasteiger partial charge in [-0.1, -0.05) is 6.07 Å². The van der Waals surface area contributed by atoms with Crippen LogP contribution < -0.4 is 10.1 Å². The first-order chi connectivity index (χ1) is 16.4. The Labute approximate surface area is 203 Å². The van der Waals surface area contributed by atoms with E-state index in [0.29, 0.717) is 22.7 Å². The Morgan fingerprint density at radius 2 is 1.94 bits per heavy atom. The molecule has 0 atom stereocenters. The molecule has 0 radical (unpaired) electrons. The molecule has 10 nitrogen and oxygen atoms in total. The summed E-state index contributed by atoms with van der Waals surface area (Å²) in [6.45, 7) is 7.13. The second-order valence-corrected chi connectivity index (χ2v) is 11.9. The molecule has 0 unspecified atom stereocenters. The van der Waals surface area contributed by atoms with Crippen molar-refractivity contribution in [3.8, 4) is 17.1 Å². The number of ether oxygens (including phenoxy) is 1. The van der Waals surface area contributed by atoms with Crippen LogP contribution in [0.25, 0.3) is 17.0 Å². The highest BCUT2D eigenvalue weighted by Gasteiger charge is 2.34. The fourth-order valence-corrected chi connectivity index (χ4v) is 4.94. The fraction of sp³-hybridized carbons (Fsp3) is 0.333. The predicted molar refractivity (Wildman–Crippen MR) is 131 cm³/mol.